The fourth-order valence-corrected chi connectivity index (χ4v) is 4.75. The van der Waals surface area contributed by atoms with Crippen LogP contribution in [0.5, 0.6) is 5.75 Å². The van der Waals surface area contributed by atoms with Crippen LogP contribution in [-0.4, -0.2) is 56.6 Å². The molecule has 2 amide bonds. The van der Waals surface area contributed by atoms with Gasteiger partial charge in [-0.25, -0.2) is 8.42 Å². The van der Waals surface area contributed by atoms with Crippen molar-refractivity contribution in [1.29, 1.82) is 0 Å². The van der Waals surface area contributed by atoms with Crippen LogP contribution in [0.3, 0.4) is 0 Å². The van der Waals surface area contributed by atoms with Gasteiger partial charge in [0.25, 0.3) is 0 Å². The summed E-state index contributed by atoms with van der Waals surface area (Å²) in [5, 5.41) is 3.44. The summed E-state index contributed by atoms with van der Waals surface area (Å²) in [6, 6.07) is 10.4. The van der Waals surface area contributed by atoms with Crippen LogP contribution in [0.4, 0.5) is 5.69 Å². The maximum atomic E-state index is 13.6. The molecule has 192 valence electrons. The molecule has 0 spiro atoms. The summed E-state index contributed by atoms with van der Waals surface area (Å²) >= 11 is 12.7. The molecular formula is C24H31Cl2N3O5S. The predicted octanol–water partition coefficient (Wildman–Crippen LogP) is 4.10. The number of anilines is 1. The van der Waals surface area contributed by atoms with Crippen molar-refractivity contribution in [3.8, 4) is 5.75 Å². The van der Waals surface area contributed by atoms with Gasteiger partial charge in [-0.15, -0.1) is 0 Å². The first-order valence-corrected chi connectivity index (χ1v) is 13.7. The fraction of sp³-hybridized carbons (Fsp3) is 0.417. The van der Waals surface area contributed by atoms with Gasteiger partial charge in [0.05, 0.1) is 18.6 Å². The van der Waals surface area contributed by atoms with E-state index in [2.05, 4.69) is 5.32 Å². The summed E-state index contributed by atoms with van der Waals surface area (Å²) < 4.78 is 32.0. The van der Waals surface area contributed by atoms with Crippen LogP contribution in [0.1, 0.15) is 33.3 Å². The van der Waals surface area contributed by atoms with Gasteiger partial charge >= 0.3 is 0 Å². The predicted molar refractivity (Wildman–Crippen MR) is 140 cm³/mol. The van der Waals surface area contributed by atoms with Gasteiger partial charge in [0.15, 0.2) is 0 Å². The molecule has 2 rings (SSSR count). The van der Waals surface area contributed by atoms with Gasteiger partial charge in [0, 0.05) is 28.2 Å². The molecule has 0 fully saturated rings. The van der Waals surface area contributed by atoms with Crippen LogP contribution in [0.15, 0.2) is 42.5 Å². The highest BCUT2D eigenvalue weighted by Gasteiger charge is 2.32. The van der Waals surface area contributed by atoms with Crippen molar-refractivity contribution in [2.75, 3.05) is 23.7 Å². The maximum absolute atomic E-state index is 13.6. The van der Waals surface area contributed by atoms with E-state index in [4.69, 9.17) is 27.9 Å². The van der Waals surface area contributed by atoms with Crippen LogP contribution in [-0.2, 0) is 26.2 Å². The van der Waals surface area contributed by atoms with Crippen molar-refractivity contribution in [1.82, 2.24) is 10.2 Å². The molecule has 0 heterocycles. The van der Waals surface area contributed by atoms with Crippen LogP contribution >= 0.6 is 23.2 Å². The molecule has 1 atom stereocenters. The summed E-state index contributed by atoms with van der Waals surface area (Å²) in [4.78, 5) is 27.7. The largest absolute Gasteiger partial charge is 0.492 e. The molecule has 35 heavy (non-hydrogen) atoms. The van der Waals surface area contributed by atoms with Gasteiger partial charge in [0.1, 0.15) is 18.3 Å². The lowest BCUT2D eigenvalue weighted by Crippen LogP contribution is -2.52. The maximum Gasteiger partial charge on any atom is 0.244 e. The number of benzene rings is 2. The number of rotatable bonds is 11. The molecule has 0 bridgehead atoms. The molecule has 0 unspecified atom stereocenters. The molecule has 8 nitrogen and oxygen atoms in total. The van der Waals surface area contributed by atoms with E-state index in [0.717, 1.165) is 10.6 Å². The minimum Gasteiger partial charge on any atom is -0.492 e. The molecule has 0 aliphatic heterocycles. The topological polar surface area (TPSA) is 96.0 Å². The van der Waals surface area contributed by atoms with E-state index in [1.54, 1.807) is 70.2 Å². The molecule has 0 aromatic heterocycles. The van der Waals surface area contributed by atoms with Gasteiger partial charge in [0.2, 0.25) is 21.8 Å². The molecule has 0 aliphatic rings. The molecule has 1 N–H and O–H groups in total. The molecule has 0 aliphatic carbocycles. The number of carbonyl (C=O) groups is 2. The fourth-order valence-electron chi connectivity index (χ4n) is 3.38. The normalized spacial score (nSPS) is 12.2. The quantitative estimate of drug-likeness (QED) is 0.460. The summed E-state index contributed by atoms with van der Waals surface area (Å²) in [5.41, 5.74) is 0.675. The van der Waals surface area contributed by atoms with E-state index < -0.39 is 34.4 Å². The lowest BCUT2D eigenvalue weighted by atomic mass is 10.1. The average Bonchev–Trinajstić information content (AvgIpc) is 2.76. The average molecular weight is 545 g/mol. The Kier molecular flexibility index (Phi) is 10.2. The van der Waals surface area contributed by atoms with Crippen LogP contribution in [0.2, 0.25) is 10.0 Å². The number of hydrogen-bond acceptors (Lipinski definition) is 5. The number of ether oxygens (including phenoxy) is 1. The Labute approximate surface area is 217 Å². The summed E-state index contributed by atoms with van der Waals surface area (Å²) in [6.45, 7) is 6.62. The Morgan fingerprint density at radius 3 is 2.17 bits per heavy atom. The Morgan fingerprint density at radius 2 is 1.63 bits per heavy atom. The highest BCUT2D eigenvalue weighted by Crippen LogP contribution is 2.31. The van der Waals surface area contributed by atoms with E-state index in [9.17, 15) is 18.0 Å². The third-order valence-corrected chi connectivity index (χ3v) is 6.94. The minimum absolute atomic E-state index is 0.0886. The molecule has 11 heteroatoms. The van der Waals surface area contributed by atoms with E-state index in [1.807, 2.05) is 0 Å². The first kappa shape index (κ1) is 28.7. The number of sulfonamides is 1. The van der Waals surface area contributed by atoms with E-state index in [-0.39, 0.29) is 18.3 Å². The number of para-hydroxylation sites is 2. The highest BCUT2D eigenvalue weighted by atomic mass is 35.5. The number of nitrogens with one attached hydrogen (secondary N) is 1. The molecular weight excluding hydrogens is 513 g/mol. The van der Waals surface area contributed by atoms with E-state index in [0.29, 0.717) is 28.0 Å². The number of carbonyl (C=O) groups excluding carboxylic acids is 2. The Bertz CT molecular complexity index is 1140. The van der Waals surface area contributed by atoms with E-state index in [1.165, 1.54) is 4.90 Å². The van der Waals surface area contributed by atoms with Crippen molar-refractivity contribution in [3.63, 3.8) is 0 Å². The Hall–Kier alpha value is -2.49. The second kappa shape index (κ2) is 12.5. The molecule has 0 saturated carbocycles. The van der Waals surface area contributed by atoms with Gasteiger partial charge < -0.3 is 15.0 Å². The van der Waals surface area contributed by atoms with Crippen molar-refractivity contribution < 1.29 is 22.7 Å². The van der Waals surface area contributed by atoms with Crippen molar-refractivity contribution >= 4 is 50.7 Å². The van der Waals surface area contributed by atoms with Gasteiger partial charge in [-0.3, -0.25) is 13.9 Å². The summed E-state index contributed by atoms with van der Waals surface area (Å²) in [7, 11) is -3.89. The number of halogens is 2. The third-order valence-electron chi connectivity index (χ3n) is 5.10. The number of hydrogen-bond donors (Lipinski definition) is 1. The molecule has 2 aromatic rings. The zero-order valence-electron chi connectivity index (χ0n) is 20.4. The first-order valence-electron chi connectivity index (χ1n) is 11.1. The second-order valence-electron chi connectivity index (χ2n) is 8.23. The molecule has 0 saturated heterocycles. The Morgan fingerprint density at radius 1 is 1.03 bits per heavy atom. The molecule has 2 aromatic carbocycles. The zero-order valence-corrected chi connectivity index (χ0v) is 22.7. The lowest BCUT2D eigenvalue weighted by molar-refractivity contribution is -0.139. The second-order valence-corrected chi connectivity index (χ2v) is 11.0. The van der Waals surface area contributed by atoms with Crippen LogP contribution in [0, 0.1) is 0 Å². The van der Waals surface area contributed by atoms with Crippen LogP contribution in [0.25, 0.3) is 0 Å². The van der Waals surface area contributed by atoms with Gasteiger partial charge in [-0.1, -0.05) is 41.4 Å². The standard InChI is InChI=1S/C24H31Cl2N3O5S/c1-6-34-22-13-8-7-12-21(22)29(35(5,32)33)15-23(30)28(17(4)24(31)27-16(2)3)14-18-19(25)10-9-11-20(18)26/h7-13,16-17H,6,14-15H2,1-5H3,(H,27,31)/t17-/m0/s1. The monoisotopic (exact) mass is 543 g/mol. The smallest absolute Gasteiger partial charge is 0.244 e. The van der Waals surface area contributed by atoms with Crippen molar-refractivity contribution in [3.05, 3.63) is 58.1 Å². The lowest BCUT2D eigenvalue weighted by Gasteiger charge is -2.32. The zero-order chi connectivity index (χ0) is 26.3. The number of nitrogens with zero attached hydrogens (tertiary/aromatic N) is 2. The Balaban J connectivity index is 2.50. The highest BCUT2D eigenvalue weighted by molar-refractivity contribution is 7.92. The van der Waals surface area contributed by atoms with Gasteiger partial charge in [-0.05, 0) is 52.0 Å². The SMILES string of the molecule is CCOc1ccccc1N(CC(=O)N(Cc1c(Cl)cccc1Cl)[C@@H](C)C(=O)NC(C)C)S(C)(=O)=O. The molecule has 0 radical (unpaired) electrons. The van der Waals surface area contributed by atoms with Crippen molar-refractivity contribution in [2.24, 2.45) is 0 Å². The van der Waals surface area contributed by atoms with Gasteiger partial charge in [-0.2, -0.15) is 0 Å². The minimum atomic E-state index is -3.89. The summed E-state index contributed by atoms with van der Waals surface area (Å²) in [5.74, 6) is -0.680. The summed E-state index contributed by atoms with van der Waals surface area (Å²) in [6.07, 6.45) is 1.01. The number of amides is 2. The first-order chi connectivity index (χ1) is 16.4. The third kappa shape index (κ3) is 7.75. The van der Waals surface area contributed by atoms with Crippen molar-refractivity contribution in [2.45, 2.75) is 46.3 Å². The van der Waals surface area contributed by atoms with E-state index >= 15 is 0 Å². The van der Waals surface area contributed by atoms with Crippen LogP contribution < -0.4 is 14.4 Å².